The van der Waals surface area contributed by atoms with Crippen LogP contribution in [0.3, 0.4) is 0 Å². The summed E-state index contributed by atoms with van der Waals surface area (Å²) < 4.78 is 0.945. The summed E-state index contributed by atoms with van der Waals surface area (Å²) in [6, 6.07) is 7.48. The zero-order chi connectivity index (χ0) is 11.1. The number of aromatic nitrogens is 1. The van der Waals surface area contributed by atoms with Gasteiger partial charge >= 0.3 is 5.97 Å². The number of carbonyl (C=O) groups is 1. The molecular weight excluding hydrogens is 234 g/mol. The summed E-state index contributed by atoms with van der Waals surface area (Å²) >= 11 is 7.23. The molecule has 1 heterocycles. The van der Waals surface area contributed by atoms with E-state index in [9.17, 15) is 4.79 Å². The third-order valence-electron chi connectivity index (χ3n) is 2.10. The second-order valence-electron chi connectivity index (χ2n) is 3.29. The molecule has 0 radical (unpaired) electrons. The fraction of sp³-hybridized carbons (Fsp3) is 0.200. The van der Waals surface area contributed by atoms with Crippen LogP contribution in [-0.4, -0.2) is 16.1 Å². The molecule has 1 N–H and O–H groups in total. The number of hydrogen-bond acceptors (Lipinski definition) is 3. The molecule has 5 heteroatoms. The Kier molecular flexibility index (Phi) is 2.40. The largest absolute Gasteiger partial charge is 0.480 e. The molecule has 1 aromatic carbocycles. The average molecular weight is 242 g/mol. The molecule has 2 rings (SSSR count). The first kappa shape index (κ1) is 10.4. The predicted octanol–water partition coefficient (Wildman–Crippen LogP) is 2.83. The molecule has 0 aliphatic rings. The molecule has 15 heavy (non-hydrogen) atoms. The van der Waals surface area contributed by atoms with Gasteiger partial charge in [-0.3, -0.25) is 0 Å². The van der Waals surface area contributed by atoms with E-state index in [1.54, 1.807) is 0 Å². The fourth-order valence-corrected chi connectivity index (χ4v) is 2.32. The molecule has 0 aliphatic heterocycles. The standard InChI is InChI=1S/C10H8ClNO2S/c1-10(11,9(13)14)8-12-6-4-2-3-5-7(6)15-8/h2-5H,1H3,(H,13,14). The van der Waals surface area contributed by atoms with Gasteiger partial charge in [0.2, 0.25) is 0 Å². The smallest absolute Gasteiger partial charge is 0.331 e. The van der Waals surface area contributed by atoms with Crippen molar-refractivity contribution in [1.82, 2.24) is 4.98 Å². The highest BCUT2D eigenvalue weighted by atomic mass is 35.5. The van der Waals surface area contributed by atoms with Crippen LogP contribution in [0.25, 0.3) is 10.2 Å². The van der Waals surface area contributed by atoms with Crippen molar-refractivity contribution in [3.63, 3.8) is 0 Å². The van der Waals surface area contributed by atoms with Crippen molar-refractivity contribution in [2.45, 2.75) is 11.8 Å². The Morgan fingerprint density at radius 3 is 2.80 bits per heavy atom. The van der Waals surface area contributed by atoms with Crippen LogP contribution < -0.4 is 0 Å². The quantitative estimate of drug-likeness (QED) is 0.823. The molecule has 0 aliphatic carbocycles. The number of benzene rings is 1. The molecule has 0 bridgehead atoms. The summed E-state index contributed by atoms with van der Waals surface area (Å²) in [5.74, 6) is -1.08. The lowest BCUT2D eigenvalue weighted by molar-refractivity contribution is -0.139. The molecule has 0 amide bonds. The third kappa shape index (κ3) is 1.70. The van der Waals surface area contributed by atoms with Gasteiger partial charge in [0.05, 0.1) is 10.2 Å². The van der Waals surface area contributed by atoms with Crippen LogP contribution >= 0.6 is 22.9 Å². The van der Waals surface area contributed by atoms with Crippen LogP contribution in [-0.2, 0) is 9.67 Å². The molecule has 0 fully saturated rings. The van der Waals surface area contributed by atoms with E-state index in [1.807, 2.05) is 24.3 Å². The topological polar surface area (TPSA) is 50.2 Å². The van der Waals surface area contributed by atoms with Crippen LogP contribution in [0, 0.1) is 0 Å². The van der Waals surface area contributed by atoms with E-state index in [0.717, 1.165) is 10.2 Å². The number of aliphatic carboxylic acids is 1. The van der Waals surface area contributed by atoms with Crippen molar-refractivity contribution in [2.24, 2.45) is 0 Å². The minimum atomic E-state index is -1.44. The van der Waals surface area contributed by atoms with E-state index < -0.39 is 10.8 Å². The van der Waals surface area contributed by atoms with Crippen LogP contribution in [0.4, 0.5) is 0 Å². The van der Waals surface area contributed by atoms with Gasteiger partial charge in [0.15, 0.2) is 4.87 Å². The van der Waals surface area contributed by atoms with E-state index >= 15 is 0 Å². The maximum atomic E-state index is 10.9. The SMILES string of the molecule is CC(Cl)(C(=O)O)c1nc2ccccc2s1. The minimum Gasteiger partial charge on any atom is -0.480 e. The molecule has 1 unspecified atom stereocenters. The Bertz CT molecular complexity index is 488. The van der Waals surface area contributed by atoms with Crippen molar-refractivity contribution in [3.8, 4) is 0 Å². The molecule has 2 aromatic rings. The number of rotatable bonds is 2. The zero-order valence-corrected chi connectivity index (χ0v) is 9.47. The molecule has 1 atom stereocenters. The van der Waals surface area contributed by atoms with E-state index in [1.165, 1.54) is 18.3 Å². The number of para-hydroxylation sites is 1. The van der Waals surface area contributed by atoms with Gasteiger partial charge in [0.1, 0.15) is 5.01 Å². The molecule has 1 aromatic heterocycles. The van der Waals surface area contributed by atoms with Crippen molar-refractivity contribution in [3.05, 3.63) is 29.3 Å². The van der Waals surface area contributed by atoms with Crippen LogP contribution in [0.5, 0.6) is 0 Å². The summed E-state index contributed by atoms with van der Waals surface area (Å²) in [5, 5.41) is 9.37. The highest BCUT2D eigenvalue weighted by molar-refractivity contribution is 7.19. The summed E-state index contributed by atoms with van der Waals surface area (Å²) in [5.41, 5.74) is 0.783. The van der Waals surface area contributed by atoms with Gasteiger partial charge in [0.25, 0.3) is 0 Å². The summed E-state index contributed by atoms with van der Waals surface area (Å²) in [6.45, 7) is 1.44. The van der Waals surface area contributed by atoms with Crippen LogP contribution in [0.2, 0.25) is 0 Å². The van der Waals surface area contributed by atoms with Crippen LogP contribution in [0.15, 0.2) is 24.3 Å². The highest BCUT2D eigenvalue weighted by Crippen LogP contribution is 2.34. The summed E-state index contributed by atoms with van der Waals surface area (Å²) in [4.78, 5) is 13.7. The van der Waals surface area contributed by atoms with Crippen molar-refractivity contribution >= 4 is 39.1 Å². The first-order chi connectivity index (χ1) is 7.01. The number of carboxylic acid groups (broad SMARTS) is 1. The fourth-order valence-electron chi connectivity index (χ4n) is 1.16. The van der Waals surface area contributed by atoms with E-state index in [4.69, 9.17) is 16.7 Å². The Labute approximate surface area is 95.3 Å². The number of carboxylic acids is 1. The minimum absolute atomic E-state index is 0.415. The van der Waals surface area contributed by atoms with E-state index in [0.29, 0.717) is 5.01 Å². The normalized spacial score (nSPS) is 15.1. The lowest BCUT2D eigenvalue weighted by atomic mass is 10.2. The molecule has 78 valence electrons. The summed E-state index contributed by atoms with van der Waals surface area (Å²) in [7, 11) is 0. The van der Waals surface area contributed by atoms with Crippen molar-refractivity contribution < 1.29 is 9.90 Å². The molecule has 0 spiro atoms. The monoisotopic (exact) mass is 241 g/mol. The van der Waals surface area contributed by atoms with Gasteiger partial charge in [-0.2, -0.15) is 0 Å². The van der Waals surface area contributed by atoms with Crippen molar-refractivity contribution in [1.29, 1.82) is 0 Å². The number of hydrogen-bond donors (Lipinski definition) is 1. The zero-order valence-electron chi connectivity index (χ0n) is 7.90. The van der Waals surface area contributed by atoms with Crippen molar-refractivity contribution in [2.75, 3.05) is 0 Å². The lowest BCUT2D eigenvalue weighted by Crippen LogP contribution is -2.25. The number of nitrogens with zero attached hydrogens (tertiary/aromatic N) is 1. The molecule has 3 nitrogen and oxygen atoms in total. The maximum Gasteiger partial charge on any atom is 0.331 e. The lowest BCUT2D eigenvalue weighted by Gasteiger charge is -2.11. The number of fused-ring (bicyclic) bond motifs is 1. The first-order valence-corrected chi connectivity index (χ1v) is 5.49. The summed E-state index contributed by atoms with van der Waals surface area (Å²) in [6.07, 6.45) is 0. The Morgan fingerprint density at radius 2 is 2.20 bits per heavy atom. The number of thiazole rings is 1. The van der Waals surface area contributed by atoms with Crippen LogP contribution in [0.1, 0.15) is 11.9 Å². The van der Waals surface area contributed by atoms with Gasteiger partial charge in [-0.05, 0) is 19.1 Å². The van der Waals surface area contributed by atoms with Gasteiger partial charge in [0, 0.05) is 0 Å². The third-order valence-corrected chi connectivity index (χ3v) is 3.81. The second kappa shape index (κ2) is 3.47. The van der Waals surface area contributed by atoms with Gasteiger partial charge in [-0.15, -0.1) is 11.3 Å². The number of halogens is 1. The number of alkyl halides is 1. The molecule has 0 saturated heterocycles. The average Bonchev–Trinajstić information content (AvgIpc) is 2.61. The van der Waals surface area contributed by atoms with E-state index in [-0.39, 0.29) is 0 Å². The highest BCUT2D eigenvalue weighted by Gasteiger charge is 2.36. The maximum absolute atomic E-state index is 10.9. The first-order valence-electron chi connectivity index (χ1n) is 4.30. The Balaban J connectivity index is 2.58. The predicted molar refractivity (Wildman–Crippen MR) is 60.5 cm³/mol. The Morgan fingerprint density at radius 1 is 1.53 bits per heavy atom. The van der Waals surface area contributed by atoms with Gasteiger partial charge in [-0.1, -0.05) is 23.7 Å². The van der Waals surface area contributed by atoms with E-state index in [2.05, 4.69) is 4.98 Å². The molecular formula is C10H8ClNO2S. The van der Waals surface area contributed by atoms with Gasteiger partial charge in [-0.25, -0.2) is 9.78 Å². The molecule has 0 saturated carbocycles. The Hall–Kier alpha value is -1.13. The second-order valence-corrected chi connectivity index (χ2v) is 5.08. The van der Waals surface area contributed by atoms with Gasteiger partial charge < -0.3 is 5.11 Å².